The quantitative estimate of drug-likeness (QED) is 0.896. The molecule has 0 bridgehead atoms. The first-order valence-electron chi connectivity index (χ1n) is 8.39. The van der Waals surface area contributed by atoms with Crippen LogP contribution >= 0.6 is 0 Å². The minimum atomic E-state index is -1.07. The van der Waals surface area contributed by atoms with Crippen molar-refractivity contribution in [2.45, 2.75) is 57.4 Å². The van der Waals surface area contributed by atoms with Crippen LogP contribution in [0.1, 0.15) is 52.1 Å². The van der Waals surface area contributed by atoms with Crippen molar-refractivity contribution in [2.24, 2.45) is 0 Å². The van der Waals surface area contributed by atoms with E-state index in [2.05, 4.69) is 28.8 Å². The molecule has 0 aliphatic carbocycles. The Morgan fingerprint density at radius 1 is 1.22 bits per heavy atom. The lowest BCUT2D eigenvalue weighted by molar-refractivity contribution is 0.114. The molecule has 0 spiro atoms. The van der Waals surface area contributed by atoms with E-state index in [4.69, 9.17) is 4.74 Å². The lowest BCUT2D eigenvalue weighted by atomic mass is 10.1. The number of hydrogen-bond donors (Lipinski definition) is 1. The lowest BCUT2D eigenvalue weighted by Gasteiger charge is -2.29. The second kappa shape index (κ2) is 7.77. The summed E-state index contributed by atoms with van der Waals surface area (Å²) in [7, 11) is 1.09. The molecule has 4 nitrogen and oxygen atoms in total. The number of likely N-dealkylation sites (tertiary alicyclic amines) is 1. The maximum absolute atomic E-state index is 12.2. The highest BCUT2D eigenvalue weighted by atomic mass is 32.2. The molecule has 2 atom stereocenters. The van der Waals surface area contributed by atoms with Crippen molar-refractivity contribution in [3.63, 3.8) is 0 Å². The van der Waals surface area contributed by atoms with Crippen molar-refractivity contribution in [3.8, 4) is 5.75 Å². The summed E-state index contributed by atoms with van der Waals surface area (Å²) < 4.78 is 21.2. The second-order valence-electron chi connectivity index (χ2n) is 7.41. The summed E-state index contributed by atoms with van der Waals surface area (Å²) in [5.74, 6) is 0.924. The van der Waals surface area contributed by atoms with Crippen LogP contribution in [0.25, 0.3) is 0 Å². The summed E-state index contributed by atoms with van der Waals surface area (Å²) in [5.41, 5.74) is 1.12. The highest BCUT2D eigenvalue weighted by molar-refractivity contribution is 7.84. The van der Waals surface area contributed by atoms with Crippen LogP contribution in [-0.4, -0.2) is 40.1 Å². The van der Waals surface area contributed by atoms with Crippen molar-refractivity contribution >= 4 is 11.0 Å². The van der Waals surface area contributed by atoms with Gasteiger partial charge in [0.2, 0.25) is 0 Å². The number of nitrogens with zero attached hydrogens (tertiary/aromatic N) is 1. The predicted molar refractivity (Wildman–Crippen MR) is 97.0 cm³/mol. The Morgan fingerprint density at radius 3 is 2.30 bits per heavy atom. The molecular formula is C18H30N2O2S. The van der Waals surface area contributed by atoms with Gasteiger partial charge in [0.1, 0.15) is 11.9 Å². The summed E-state index contributed by atoms with van der Waals surface area (Å²) >= 11 is 0. The van der Waals surface area contributed by atoms with Gasteiger partial charge in [0, 0.05) is 19.1 Å². The van der Waals surface area contributed by atoms with Crippen molar-refractivity contribution in [3.05, 3.63) is 29.8 Å². The molecule has 1 aliphatic heterocycles. The zero-order valence-corrected chi connectivity index (χ0v) is 15.8. The first-order valence-corrected chi connectivity index (χ1v) is 9.54. The Labute approximate surface area is 143 Å². The summed E-state index contributed by atoms with van der Waals surface area (Å²) in [6.45, 7) is 10.2. The van der Waals surface area contributed by atoms with Gasteiger partial charge in [-0.15, -0.1) is 0 Å². The van der Waals surface area contributed by atoms with E-state index in [1.54, 1.807) is 0 Å². The minimum Gasteiger partial charge on any atom is -0.490 e. The standard InChI is InChI=1S/C18H30N2O2S/c1-14(19-23(21)18(2,3)4)15-6-8-16(9-7-15)22-17-10-12-20(5)13-11-17/h6-9,14,17,19H,10-13H2,1-5H3/t14-,23?/m0/s1. The maximum Gasteiger partial charge on any atom is 0.119 e. The van der Waals surface area contributed by atoms with Crippen LogP contribution in [0.4, 0.5) is 0 Å². The van der Waals surface area contributed by atoms with Crippen molar-refractivity contribution < 1.29 is 8.95 Å². The molecule has 0 radical (unpaired) electrons. The van der Waals surface area contributed by atoms with E-state index in [0.29, 0.717) is 6.10 Å². The summed E-state index contributed by atoms with van der Waals surface area (Å²) in [4.78, 5) is 2.34. The van der Waals surface area contributed by atoms with Gasteiger partial charge >= 0.3 is 0 Å². The first kappa shape index (κ1) is 18.4. The van der Waals surface area contributed by atoms with Gasteiger partial charge in [0.05, 0.1) is 15.7 Å². The topological polar surface area (TPSA) is 41.6 Å². The minimum absolute atomic E-state index is 0.0486. The molecule has 1 aromatic carbocycles. The molecule has 1 N–H and O–H groups in total. The predicted octanol–water partition coefficient (Wildman–Crippen LogP) is 3.27. The fraction of sp³-hybridized carbons (Fsp3) is 0.667. The van der Waals surface area contributed by atoms with E-state index < -0.39 is 11.0 Å². The first-order chi connectivity index (χ1) is 10.8. The van der Waals surface area contributed by atoms with Crippen LogP contribution in [0.3, 0.4) is 0 Å². The summed E-state index contributed by atoms with van der Waals surface area (Å²) in [6.07, 6.45) is 2.49. The number of ether oxygens (including phenoxy) is 1. The molecule has 0 amide bonds. The normalized spacial score (nSPS) is 20.2. The molecule has 1 fully saturated rings. The van der Waals surface area contributed by atoms with Crippen molar-refractivity contribution in [2.75, 3.05) is 20.1 Å². The summed E-state index contributed by atoms with van der Waals surface area (Å²) in [5, 5.41) is 0. The number of benzene rings is 1. The second-order valence-corrected chi connectivity index (χ2v) is 9.41. The molecular weight excluding hydrogens is 308 g/mol. The van der Waals surface area contributed by atoms with Gasteiger partial charge in [0.15, 0.2) is 0 Å². The number of hydrogen-bond acceptors (Lipinski definition) is 3. The van der Waals surface area contributed by atoms with E-state index in [9.17, 15) is 4.21 Å². The average Bonchev–Trinajstić information content (AvgIpc) is 2.49. The zero-order valence-electron chi connectivity index (χ0n) is 15.0. The van der Waals surface area contributed by atoms with Crippen molar-refractivity contribution in [1.29, 1.82) is 0 Å². The van der Waals surface area contributed by atoms with E-state index in [0.717, 1.165) is 37.2 Å². The Hall–Kier alpha value is -0.910. The number of nitrogens with one attached hydrogen (secondary N) is 1. The van der Waals surface area contributed by atoms with Gasteiger partial charge < -0.3 is 9.64 Å². The Morgan fingerprint density at radius 2 is 1.78 bits per heavy atom. The van der Waals surface area contributed by atoms with Gasteiger partial charge in [-0.1, -0.05) is 12.1 Å². The molecule has 1 saturated heterocycles. The molecule has 0 aromatic heterocycles. The molecule has 2 rings (SSSR count). The van der Waals surface area contributed by atoms with Crippen LogP contribution in [-0.2, 0) is 11.0 Å². The molecule has 1 aromatic rings. The van der Waals surface area contributed by atoms with Gasteiger partial charge in [-0.3, -0.25) is 0 Å². The van der Waals surface area contributed by atoms with E-state index in [-0.39, 0.29) is 10.8 Å². The highest BCUT2D eigenvalue weighted by Gasteiger charge is 2.22. The molecule has 5 heteroatoms. The van der Waals surface area contributed by atoms with Crippen molar-refractivity contribution in [1.82, 2.24) is 9.62 Å². The Balaban J connectivity index is 1.90. The molecule has 1 heterocycles. The van der Waals surface area contributed by atoms with Crippen LogP contribution < -0.4 is 9.46 Å². The smallest absolute Gasteiger partial charge is 0.119 e. The van der Waals surface area contributed by atoms with E-state index >= 15 is 0 Å². The third-order valence-corrected chi connectivity index (χ3v) is 5.87. The Bertz CT molecular complexity index is 517. The largest absolute Gasteiger partial charge is 0.490 e. The highest BCUT2D eigenvalue weighted by Crippen LogP contribution is 2.22. The molecule has 0 saturated carbocycles. The SMILES string of the molecule is C[C@H](NS(=O)C(C)(C)C)c1ccc(OC2CCN(C)CC2)cc1. The van der Waals surface area contributed by atoms with Gasteiger partial charge in [-0.25, -0.2) is 8.93 Å². The average molecular weight is 339 g/mol. The molecule has 130 valence electrons. The van der Waals surface area contributed by atoms with Gasteiger partial charge in [-0.05, 0) is 65.3 Å². The van der Waals surface area contributed by atoms with E-state index in [1.165, 1.54) is 0 Å². The zero-order chi connectivity index (χ0) is 17.0. The molecule has 1 unspecified atom stereocenters. The van der Waals surface area contributed by atoms with E-state index in [1.807, 2.05) is 39.8 Å². The lowest BCUT2D eigenvalue weighted by Crippen LogP contribution is -2.35. The third kappa shape index (κ3) is 5.59. The Kier molecular flexibility index (Phi) is 6.23. The van der Waals surface area contributed by atoms with Gasteiger partial charge in [-0.2, -0.15) is 0 Å². The van der Waals surface area contributed by atoms with Crippen LogP contribution in [0.5, 0.6) is 5.75 Å². The van der Waals surface area contributed by atoms with Gasteiger partial charge in [0.25, 0.3) is 0 Å². The van der Waals surface area contributed by atoms with Crippen LogP contribution in [0.2, 0.25) is 0 Å². The molecule has 1 aliphatic rings. The fourth-order valence-corrected chi connectivity index (χ4v) is 3.35. The third-order valence-electron chi connectivity index (χ3n) is 4.19. The van der Waals surface area contributed by atoms with Crippen LogP contribution in [0, 0.1) is 0 Å². The van der Waals surface area contributed by atoms with Crippen LogP contribution in [0.15, 0.2) is 24.3 Å². The number of piperidine rings is 1. The maximum atomic E-state index is 12.2. The monoisotopic (exact) mass is 338 g/mol. The number of rotatable bonds is 5. The fourth-order valence-electron chi connectivity index (χ4n) is 2.54. The molecule has 23 heavy (non-hydrogen) atoms. The summed E-state index contributed by atoms with van der Waals surface area (Å²) in [6, 6.07) is 8.20.